The molecule has 0 aliphatic heterocycles. The fraction of sp³-hybridized carbons (Fsp3) is 0.0588. The van der Waals surface area contributed by atoms with E-state index in [-0.39, 0.29) is 12.4 Å². The minimum atomic E-state index is -0.303. The van der Waals surface area contributed by atoms with Crippen LogP contribution in [0.3, 0.4) is 0 Å². The van der Waals surface area contributed by atoms with Gasteiger partial charge in [0.15, 0.2) is 5.76 Å². The predicted molar refractivity (Wildman–Crippen MR) is 89.3 cm³/mol. The molecule has 0 saturated heterocycles. The second kappa shape index (κ2) is 6.45. The molecule has 0 aliphatic carbocycles. The lowest BCUT2D eigenvalue weighted by atomic mass is 10.2. The van der Waals surface area contributed by atoms with Gasteiger partial charge in [-0.15, -0.1) is 10.2 Å². The molecule has 8 heteroatoms. The predicted octanol–water partition coefficient (Wildman–Crippen LogP) is 3.84. The molecule has 0 radical (unpaired) electrons. The highest BCUT2D eigenvalue weighted by atomic mass is 35.5. The first-order valence-electron chi connectivity index (χ1n) is 7.42. The summed E-state index contributed by atoms with van der Waals surface area (Å²) in [5.41, 5.74) is 1.44. The van der Waals surface area contributed by atoms with Crippen LogP contribution in [0.25, 0.3) is 22.7 Å². The van der Waals surface area contributed by atoms with E-state index >= 15 is 0 Å². The molecule has 4 aromatic rings. The number of hydrogen-bond acceptors (Lipinski definition) is 5. The van der Waals surface area contributed by atoms with Crippen molar-refractivity contribution in [2.75, 3.05) is 0 Å². The Labute approximate surface area is 146 Å². The number of hydrogen-bond donors (Lipinski definition) is 0. The Kier molecular flexibility index (Phi) is 3.99. The van der Waals surface area contributed by atoms with Gasteiger partial charge in [-0.3, -0.25) is 0 Å². The molecule has 4 rings (SSSR count). The molecule has 124 valence electrons. The molecular weight excluding hydrogens is 345 g/mol. The fourth-order valence-corrected chi connectivity index (χ4v) is 2.53. The quantitative estimate of drug-likeness (QED) is 0.556. The molecule has 0 atom stereocenters. The van der Waals surface area contributed by atoms with E-state index in [4.69, 9.17) is 16.0 Å². The van der Waals surface area contributed by atoms with E-state index in [1.807, 2.05) is 18.2 Å². The van der Waals surface area contributed by atoms with Crippen molar-refractivity contribution in [2.45, 2.75) is 6.54 Å². The van der Waals surface area contributed by atoms with Gasteiger partial charge in [-0.05, 0) is 41.6 Å². The Morgan fingerprint density at radius 1 is 1.08 bits per heavy atom. The maximum atomic E-state index is 13.0. The molecule has 0 bridgehead atoms. The van der Waals surface area contributed by atoms with Crippen molar-refractivity contribution in [3.05, 3.63) is 71.5 Å². The van der Waals surface area contributed by atoms with Gasteiger partial charge < -0.3 is 4.42 Å². The van der Waals surface area contributed by atoms with Gasteiger partial charge in [0.1, 0.15) is 12.4 Å². The van der Waals surface area contributed by atoms with Crippen LogP contribution < -0.4 is 0 Å². The van der Waals surface area contributed by atoms with Gasteiger partial charge in [0.25, 0.3) is 0 Å². The summed E-state index contributed by atoms with van der Waals surface area (Å²) in [6, 6.07) is 13.3. The molecule has 0 spiro atoms. The van der Waals surface area contributed by atoms with Crippen LogP contribution in [0.4, 0.5) is 4.39 Å². The molecule has 0 unspecified atom stereocenters. The maximum Gasteiger partial charge on any atom is 0.218 e. The van der Waals surface area contributed by atoms with Crippen molar-refractivity contribution in [2.24, 2.45) is 0 Å². The van der Waals surface area contributed by atoms with Crippen molar-refractivity contribution in [3.63, 3.8) is 0 Å². The molecule has 2 aromatic carbocycles. The fourth-order valence-electron chi connectivity index (χ4n) is 2.31. The van der Waals surface area contributed by atoms with Crippen molar-refractivity contribution >= 4 is 11.6 Å². The van der Waals surface area contributed by atoms with E-state index in [0.29, 0.717) is 28.1 Å². The first kappa shape index (κ1) is 15.5. The summed E-state index contributed by atoms with van der Waals surface area (Å²) in [6.45, 7) is 0.221. The van der Waals surface area contributed by atoms with Crippen LogP contribution in [0.15, 0.2) is 59.1 Å². The molecule has 0 aliphatic rings. The Morgan fingerprint density at radius 3 is 2.68 bits per heavy atom. The monoisotopic (exact) mass is 355 g/mol. The van der Waals surface area contributed by atoms with E-state index in [0.717, 1.165) is 5.56 Å². The number of aromatic nitrogens is 5. The third kappa shape index (κ3) is 3.27. The zero-order valence-corrected chi connectivity index (χ0v) is 13.6. The topological polar surface area (TPSA) is 69.6 Å². The highest BCUT2D eigenvalue weighted by molar-refractivity contribution is 6.33. The van der Waals surface area contributed by atoms with Crippen molar-refractivity contribution in [1.29, 1.82) is 0 Å². The Morgan fingerprint density at radius 2 is 1.88 bits per heavy atom. The molecular formula is C17H11ClFN5O. The van der Waals surface area contributed by atoms with E-state index in [1.54, 1.807) is 24.4 Å². The van der Waals surface area contributed by atoms with Crippen LogP contribution in [-0.2, 0) is 6.54 Å². The average molecular weight is 356 g/mol. The summed E-state index contributed by atoms with van der Waals surface area (Å²) >= 11 is 6.14. The molecule has 2 heterocycles. The van der Waals surface area contributed by atoms with Gasteiger partial charge in [-0.1, -0.05) is 23.7 Å². The summed E-state index contributed by atoms with van der Waals surface area (Å²) < 4.78 is 18.6. The van der Waals surface area contributed by atoms with Crippen LogP contribution in [-0.4, -0.2) is 25.2 Å². The SMILES string of the molecule is Fc1ccc(-c2cnc(Cn3nnc(-c4ccccc4Cl)n3)o2)cc1. The van der Waals surface area contributed by atoms with E-state index < -0.39 is 0 Å². The van der Waals surface area contributed by atoms with Crippen LogP contribution in [0.1, 0.15) is 5.89 Å². The number of nitrogens with zero attached hydrogens (tertiary/aromatic N) is 5. The first-order chi connectivity index (χ1) is 12.2. The lowest BCUT2D eigenvalue weighted by Crippen LogP contribution is -2.04. The van der Waals surface area contributed by atoms with Crippen molar-refractivity contribution in [1.82, 2.24) is 25.2 Å². The Hall–Kier alpha value is -3.06. The van der Waals surface area contributed by atoms with Gasteiger partial charge >= 0.3 is 0 Å². The second-order valence-corrected chi connectivity index (χ2v) is 5.66. The minimum absolute atomic E-state index is 0.221. The van der Waals surface area contributed by atoms with Crippen molar-refractivity contribution in [3.8, 4) is 22.7 Å². The van der Waals surface area contributed by atoms with Crippen LogP contribution in [0.5, 0.6) is 0 Å². The summed E-state index contributed by atoms with van der Waals surface area (Å²) in [4.78, 5) is 5.57. The van der Waals surface area contributed by atoms with E-state index in [1.165, 1.54) is 16.9 Å². The lowest BCUT2D eigenvalue weighted by Gasteiger charge is -1.97. The first-order valence-corrected chi connectivity index (χ1v) is 7.80. The zero-order chi connectivity index (χ0) is 17.2. The third-order valence-corrected chi connectivity index (χ3v) is 3.86. The van der Waals surface area contributed by atoms with Gasteiger partial charge in [-0.2, -0.15) is 4.80 Å². The molecule has 25 heavy (non-hydrogen) atoms. The zero-order valence-electron chi connectivity index (χ0n) is 12.8. The van der Waals surface area contributed by atoms with E-state index in [2.05, 4.69) is 20.4 Å². The lowest BCUT2D eigenvalue weighted by molar-refractivity contribution is 0.446. The van der Waals surface area contributed by atoms with Gasteiger partial charge in [-0.25, -0.2) is 9.37 Å². The number of rotatable bonds is 4. The smallest absolute Gasteiger partial charge is 0.218 e. The van der Waals surface area contributed by atoms with Crippen molar-refractivity contribution < 1.29 is 8.81 Å². The van der Waals surface area contributed by atoms with E-state index in [9.17, 15) is 4.39 Å². The molecule has 2 aromatic heterocycles. The molecule has 0 amide bonds. The average Bonchev–Trinajstić information content (AvgIpc) is 3.26. The van der Waals surface area contributed by atoms with Gasteiger partial charge in [0, 0.05) is 11.1 Å². The van der Waals surface area contributed by atoms with Gasteiger partial charge in [0.05, 0.1) is 11.2 Å². The highest BCUT2D eigenvalue weighted by Gasteiger charge is 2.12. The largest absolute Gasteiger partial charge is 0.439 e. The third-order valence-electron chi connectivity index (χ3n) is 3.53. The normalized spacial score (nSPS) is 11.0. The molecule has 6 nitrogen and oxygen atoms in total. The van der Waals surface area contributed by atoms with Crippen LogP contribution in [0, 0.1) is 5.82 Å². The standard InChI is InChI=1S/C17H11ClFN5O/c18-14-4-2-1-3-13(14)17-21-23-24(22-17)10-16-20-9-15(25-16)11-5-7-12(19)8-6-11/h1-9H,10H2. The second-order valence-electron chi connectivity index (χ2n) is 5.25. The summed E-state index contributed by atoms with van der Waals surface area (Å²) in [7, 11) is 0. The number of oxazole rings is 1. The maximum absolute atomic E-state index is 13.0. The van der Waals surface area contributed by atoms with Crippen LogP contribution >= 0.6 is 11.6 Å². The van der Waals surface area contributed by atoms with Gasteiger partial charge in [0.2, 0.25) is 11.7 Å². The summed E-state index contributed by atoms with van der Waals surface area (Å²) in [6.07, 6.45) is 1.58. The summed E-state index contributed by atoms with van der Waals surface area (Å²) in [5, 5.41) is 12.8. The summed E-state index contributed by atoms with van der Waals surface area (Å²) in [5.74, 6) is 1.09. The number of benzene rings is 2. The number of tetrazole rings is 1. The molecule has 0 fully saturated rings. The molecule has 0 N–H and O–H groups in total. The van der Waals surface area contributed by atoms with Crippen LogP contribution in [0.2, 0.25) is 5.02 Å². The number of halogens is 2. The molecule has 0 saturated carbocycles. The Bertz CT molecular complexity index is 1010. The minimum Gasteiger partial charge on any atom is -0.439 e. The highest BCUT2D eigenvalue weighted by Crippen LogP contribution is 2.24. The Balaban J connectivity index is 1.54.